The number of aliphatic hydroxyl groups is 1. The highest BCUT2D eigenvalue weighted by Gasteiger charge is 2.47. The molecule has 0 radical (unpaired) electrons. The van der Waals surface area contributed by atoms with Gasteiger partial charge in [0.05, 0.1) is 26.2 Å². The summed E-state index contributed by atoms with van der Waals surface area (Å²) in [5.41, 5.74) is 2.02. The number of nitrogens with zero attached hydrogens (tertiary/aromatic N) is 3. The van der Waals surface area contributed by atoms with Gasteiger partial charge < -0.3 is 19.5 Å². The number of carboxylic acids is 1. The predicted octanol–water partition coefficient (Wildman–Crippen LogP) is 8.04. The number of aromatic nitrogens is 1. The van der Waals surface area contributed by atoms with Crippen LogP contribution in [0.1, 0.15) is 69.3 Å². The minimum atomic E-state index is -1.15. The van der Waals surface area contributed by atoms with E-state index in [1.807, 2.05) is 13.8 Å². The molecule has 0 bridgehead atoms. The third-order valence-corrected chi connectivity index (χ3v) is 8.72. The largest absolute Gasteiger partial charge is 0.489 e. The number of ether oxygens (including phenoxy) is 1. The van der Waals surface area contributed by atoms with Crippen molar-refractivity contribution in [2.75, 3.05) is 0 Å². The van der Waals surface area contributed by atoms with Crippen LogP contribution in [0.4, 0.5) is 0 Å². The molecule has 0 saturated heterocycles. The van der Waals surface area contributed by atoms with Crippen molar-refractivity contribution < 1.29 is 24.3 Å². The topological polar surface area (TPSA) is 108 Å². The van der Waals surface area contributed by atoms with Gasteiger partial charge in [0.25, 0.3) is 0 Å². The van der Waals surface area contributed by atoms with Gasteiger partial charge in [0.2, 0.25) is 0 Å². The van der Waals surface area contributed by atoms with Crippen molar-refractivity contribution in [1.82, 2.24) is 10.2 Å². The molecule has 8 nitrogen and oxygen atoms in total. The Hall–Kier alpha value is -3.04. The summed E-state index contributed by atoms with van der Waals surface area (Å²) in [5, 5.41) is 32.1. The summed E-state index contributed by atoms with van der Waals surface area (Å²) in [5.74, 6) is 0.412. The summed E-state index contributed by atoms with van der Waals surface area (Å²) in [7, 11) is 0. The third kappa shape index (κ3) is 6.04. The first kappa shape index (κ1) is 30.4. The Balaban J connectivity index is 1.30. The van der Waals surface area contributed by atoms with Gasteiger partial charge in [-0.15, -0.1) is 0 Å². The zero-order chi connectivity index (χ0) is 30.3. The summed E-state index contributed by atoms with van der Waals surface area (Å²) in [6, 6.07) is 10.4. The van der Waals surface area contributed by atoms with Crippen LogP contribution >= 0.6 is 34.8 Å². The lowest BCUT2D eigenvalue weighted by molar-refractivity contribution is -0.129. The average molecular weight is 633 g/mol. The third-order valence-electron chi connectivity index (χ3n) is 7.78. The second-order valence-corrected chi connectivity index (χ2v) is 12.5. The van der Waals surface area contributed by atoms with Crippen LogP contribution in [0, 0.1) is 5.92 Å². The summed E-state index contributed by atoms with van der Waals surface area (Å²) in [4.78, 5) is 11.3. The number of allylic oxidation sites excluding steroid dienone is 1. The molecule has 0 unspecified atom stereocenters. The Morgan fingerprint density at radius 3 is 2.43 bits per heavy atom. The molecule has 2 saturated carbocycles. The van der Waals surface area contributed by atoms with Crippen molar-refractivity contribution in [3.05, 3.63) is 80.6 Å². The van der Waals surface area contributed by atoms with Gasteiger partial charge in [0, 0.05) is 34.7 Å². The van der Waals surface area contributed by atoms with E-state index in [4.69, 9.17) is 44.1 Å². The average Bonchev–Trinajstić information content (AvgIpc) is 3.68. The quantitative estimate of drug-likeness (QED) is 0.163. The van der Waals surface area contributed by atoms with Gasteiger partial charge in [0.15, 0.2) is 0 Å². The molecule has 0 atom stereocenters. The van der Waals surface area contributed by atoms with Crippen molar-refractivity contribution in [2.45, 2.75) is 70.6 Å². The van der Waals surface area contributed by atoms with Crippen LogP contribution in [-0.4, -0.2) is 38.1 Å². The maximum atomic E-state index is 11.4. The fourth-order valence-electron chi connectivity index (χ4n) is 5.28. The van der Waals surface area contributed by atoms with Crippen LogP contribution in [-0.2, 0) is 17.0 Å². The van der Waals surface area contributed by atoms with Crippen molar-refractivity contribution in [1.29, 1.82) is 0 Å². The van der Waals surface area contributed by atoms with Crippen LogP contribution < -0.4 is 4.74 Å². The summed E-state index contributed by atoms with van der Waals surface area (Å²) < 4.78 is 11.9. The molecular formula is C31H32Cl3N3O5. The number of carboxylic acid groups (broad SMARTS) is 1. The van der Waals surface area contributed by atoms with Gasteiger partial charge >= 0.3 is 5.97 Å². The molecule has 0 amide bonds. The lowest BCUT2D eigenvalue weighted by atomic mass is 9.66. The Bertz CT molecular complexity index is 1540. The normalized spacial score (nSPS) is 20.4. The molecule has 0 spiro atoms. The van der Waals surface area contributed by atoms with E-state index in [0.29, 0.717) is 56.2 Å². The Kier molecular flexibility index (Phi) is 8.63. The van der Waals surface area contributed by atoms with E-state index in [1.54, 1.807) is 41.4 Å². The lowest BCUT2D eigenvalue weighted by Gasteiger charge is -2.47. The molecule has 222 valence electrons. The van der Waals surface area contributed by atoms with E-state index in [1.165, 1.54) is 6.92 Å². The minimum Gasteiger partial charge on any atom is -0.489 e. The highest BCUT2D eigenvalue weighted by atomic mass is 35.5. The summed E-state index contributed by atoms with van der Waals surface area (Å²) in [6.45, 7) is 9.58. The number of halogens is 3. The summed E-state index contributed by atoms with van der Waals surface area (Å²) in [6.07, 6.45) is 2.80. The number of hydrogen-bond acceptors (Lipinski definition) is 7. The van der Waals surface area contributed by atoms with E-state index in [-0.39, 0.29) is 30.2 Å². The predicted molar refractivity (Wildman–Crippen MR) is 163 cm³/mol. The van der Waals surface area contributed by atoms with E-state index < -0.39 is 11.6 Å². The zero-order valence-corrected chi connectivity index (χ0v) is 25.8. The van der Waals surface area contributed by atoms with E-state index in [9.17, 15) is 15.0 Å². The number of rotatable bonds is 11. The highest BCUT2D eigenvalue weighted by Crippen LogP contribution is 2.51. The lowest BCUT2D eigenvalue weighted by Crippen LogP contribution is -2.45. The fourth-order valence-corrected chi connectivity index (χ4v) is 6.20. The van der Waals surface area contributed by atoms with Crippen molar-refractivity contribution in [3.8, 4) is 17.0 Å². The maximum Gasteiger partial charge on any atom is 0.351 e. The number of hydrazone groups is 1. The Morgan fingerprint density at radius 2 is 1.86 bits per heavy atom. The van der Waals surface area contributed by atoms with Crippen LogP contribution in [0.2, 0.25) is 15.1 Å². The maximum absolute atomic E-state index is 11.4. The molecule has 1 heterocycles. The number of hydrogen-bond donors (Lipinski definition) is 2. The van der Waals surface area contributed by atoms with Crippen molar-refractivity contribution >= 4 is 46.5 Å². The number of carbonyl (C=O) groups is 1. The molecule has 2 aliphatic carbocycles. The van der Waals surface area contributed by atoms with Gasteiger partial charge in [-0.05, 0) is 70.7 Å². The molecule has 1 aromatic heterocycles. The summed E-state index contributed by atoms with van der Waals surface area (Å²) >= 11 is 19.6. The highest BCUT2D eigenvalue weighted by molar-refractivity contribution is 6.39. The molecule has 5 rings (SSSR count). The van der Waals surface area contributed by atoms with Gasteiger partial charge in [0.1, 0.15) is 29.5 Å². The Labute approximate surface area is 259 Å². The van der Waals surface area contributed by atoms with Crippen molar-refractivity contribution in [3.63, 3.8) is 0 Å². The molecule has 0 aliphatic heterocycles. The smallest absolute Gasteiger partial charge is 0.351 e. The molecule has 11 heteroatoms. The molecular weight excluding hydrogens is 601 g/mol. The molecule has 2 fully saturated rings. The SMILES string of the molecule is C=C([C@H]1C[C@](O)(c2ccc(OCc3c(-c4c(Cl)cccc4Cl)noc3C3CC3)cc2Cl)C1)N(/N=C(\C)C(=O)O)C(C)C. The van der Waals surface area contributed by atoms with E-state index in [2.05, 4.69) is 16.8 Å². The van der Waals surface area contributed by atoms with Gasteiger partial charge in [-0.3, -0.25) is 5.01 Å². The molecule has 2 N–H and O–H groups in total. The van der Waals surface area contributed by atoms with E-state index in [0.717, 1.165) is 24.2 Å². The van der Waals surface area contributed by atoms with Crippen LogP contribution in [0.25, 0.3) is 11.3 Å². The van der Waals surface area contributed by atoms with Gasteiger partial charge in [-0.25, -0.2) is 4.79 Å². The first-order chi connectivity index (χ1) is 19.9. The van der Waals surface area contributed by atoms with Gasteiger partial charge in [-0.1, -0.05) is 58.7 Å². The standard InChI is InChI=1S/C31H32Cl3N3O5/c1-16(2)37(35-17(3)30(38)39)18(4)20-13-31(40,14-20)23-11-10-21(12-26(23)34)41-15-22-28(36-42-29(22)19-8-9-19)27-24(32)6-5-7-25(27)33/h5-7,10-12,16,19-20,40H,4,8-9,13-15H2,1-3H3,(H,38,39)/b35-17+/t20-,31+. The second-order valence-electron chi connectivity index (χ2n) is 11.2. The minimum absolute atomic E-state index is 0.0318. The number of benzene rings is 2. The van der Waals surface area contributed by atoms with Gasteiger partial charge in [-0.2, -0.15) is 5.10 Å². The monoisotopic (exact) mass is 631 g/mol. The second kappa shape index (κ2) is 11.9. The molecule has 42 heavy (non-hydrogen) atoms. The van der Waals surface area contributed by atoms with Crippen LogP contribution in [0.15, 0.2) is 58.3 Å². The van der Waals surface area contributed by atoms with E-state index >= 15 is 0 Å². The number of aliphatic carboxylic acids is 1. The first-order valence-electron chi connectivity index (χ1n) is 13.7. The molecule has 2 aliphatic rings. The van der Waals surface area contributed by atoms with Crippen LogP contribution in [0.5, 0.6) is 5.75 Å². The molecule has 3 aromatic rings. The zero-order valence-electron chi connectivity index (χ0n) is 23.5. The molecule has 2 aromatic carbocycles. The first-order valence-corrected chi connectivity index (χ1v) is 14.9. The van der Waals surface area contributed by atoms with Crippen LogP contribution in [0.3, 0.4) is 0 Å². The van der Waals surface area contributed by atoms with Crippen molar-refractivity contribution in [2.24, 2.45) is 11.0 Å². The Morgan fingerprint density at radius 1 is 1.19 bits per heavy atom. The fraction of sp³-hybridized carbons (Fsp3) is 0.387.